The maximum absolute atomic E-state index is 12.2. The Morgan fingerprint density at radius 3 is 2.60 bits per heavy atom. The molecule has 0 spiro atoms. The number of thiazole rings is 2. The molecule has 7 heteroatoms. The molecule has 0 saturated carbocycles. The third-order valence-electron chi connectivity index (χ3n) is 3.47. The molecule has 0 aliphatic heterocycles. The van der Waals surface area contributed by atoms with Crippen molar-refractivity contribution in [3.05, 3.63) is 64.4 Å². The number of hydrogen-bond acceptors (Lipinski definition) is 6. The molecule has 0 aliphatic carbocycles. The first-order chi connectivity index (χ1) is 12.3. The van der Waals surface area contributed by atoms with Crippen LogP contribution in [0.25, 0.3) is 20.5 Å². The fraction of sp³-hybridized carbons (Fsp3) is 0.0556. The molecular weight excluding hydrogens is 370 g/mol. The summed E-state index contributed by atoms with van der Waals surface area (Å²) in [6.45, 7) is 0. The highest BCUT2D eigenvalue weighted by molar-refractivity contribution is 7.20. The zero-order valence-electron chi connectivity index (χ0n) is 13.0. The smallest absolute Gasteiger partial charge is 0.230 e. The van der Waals surface area contributed by atoms with Crippen molar-refractivity contribution in [2.24, 2.45) is 0 Å². The molecule has 0 fully saturated rings. The van der Waals surface area contributed by atoms with Crippen LogP contribution in [0.5, 0.6) is 0 Å². The van der Waals surface area contributed by atoms with Crippen molar-refractivity contribution in [3.63, 3.8) is 0 Å². The molecule has 1 N–H and O–H groups in total. The molecule has 0 radical (unpaired) electrons. The number of hydrogen-bond donors (Lipinski definition) is 1. The van der Waals surface area contributed by atoms with Crippen molar-refractivity contribution >= 4 is 45.6 Å². The van der Waals surface area contributed by atoms with Gasteiger partial charge in [-0.15, -0.1) is 34.0 Å². The van der Waals surface area contributed by atoms with E-state index in [0.29, 0.717) is 0 Å². The third kappa shape index (κ3) is 3.84. The summed E-state index contributed by atoms with van der Waals surface area (Å²) < 4.78 is 0. The van der Waals surface area contributed by atoms with Gasteiger partial charge >= 0.3 is 0 Å². The maximum Gasteiger partial charge on any atom is 0.230 e. The number of nitrogens with one attached hydrogen (secondary N) is 1. The number of thiophene rings is 1. The minimum Gasteiger partial charge on any atom is -0.326 e. The summed E-state index contributed by atoms with van der Waals surface area (Å²) in [5, 5.41) is 10.8. The van der Waals surface area contributed by atoms with Gasteiger partial charge in [0, 0.05) is 28.2 Å². The lowest BCUT2D eigenvalue weighted by molar-refractivity contribution is -0.115. The van der Waals surface area contributed by atoms with Gasteiger partial charge in [-0.1, -0.05) is 6.07 Å². The summed E-state index contributed by atoms with van der Waals surface area (Å²) in [6, 6.07) is 11.8. The molecule has 4 rings (SSSR count). The largest absolute Gasteiger partial charge is 0.326 e. The molecule has 0 atom stereocenters. The summed E-state index contributed by atoms with van der Waals surface area (Å²) in [5.41, 5.74) is 2.62. The predicted molar refractivity (Wildman–Crippen MR) is 105 cm³/mol. The van der Waals surface area contributed by atoms with E-state index < -0.39 is 0 Å². The Morgan fingerprint density at radius 2 is 1.88 bits per heavy atom. The molecule has 0 unspecified atom stereocenters. The summed E-state index contributed by atoms with van der Waals surface area (Å²) in [4.78, 5) is 22.2. The van der Waals surface area contributed by atoms with Crippen molar-refractivity contribution < 1.29 is 4.79 Å². The highest BCUT2D eigenvalue weighted by Crippen LogP contribution is 2.28. The third-order valence-corrected chi connectivity index (χ3v) is 6.23. The fourth-order valence-electron chi connectivity index (χ4n) is 2.33. The van der Waals surface area contributed by atoms with Crippen LogP contribution in [-0.4, -0.2) is 15.9 Å². The van der Waals surface area contributed by atoms with Gasteiger partial charge in [-0.25, -0.2) is 9.97 Å². The summed E-state index contributed by atoms with van der Waals surface area (Å²) >= 11 is 4.82. The minimum absolute atomic E-state index is 0.0648. The van der Waals surface area contributed by atoms with Gasteiger partial charge in [-0.2, -0.15) is 0 Å². The first-order valence-electron chi connectivity index (χ1n) is 7.56. The lowest BCUT2D eigenvalue weighted by Gasteiger charge is -2.05. The van der Waals surface area contributed by atoms with Crippen molar-refractivity contribution in [1.82, 2.24) is 9.97 Å². The second kappa shape index (κ2) is 7.26. The number of benzene rings is 1. The lowest BCUT2D eigenvalue weighted by atomic mass is 10.2. The van der Waals surface area contributed by atoms with Crippen LogP contribution >= 0.6 is 34.0 Å². The number of amides is 1. The molecule has 0 aliphatic rings. The second-order valence-corrected chi connectivity index (χ2v) is 7.96. The predicted octanol–water partition coefficient (Wildman–Crippen LogP) is 5.18. The molecule has 3 aromatic heterocycles. The molecule has 4 nitrogen and oxygen atoms in total. The van der Waals surface area contributed by atoms with Gasteiger partial charge in [-0.05, 0) is 35.7 Å². The first-order valence-corrected chi connectivity index (χ1v) is 10.2. The Bertz CT molecular complexity index is 958. The normalized spacial score (nSPS) is 10.7. The summed E-state index contributed by atoms with van der Waals surface area (Å²) in [6.07, 6.45) is 2.06. The quantitative estimate of drug-likeness (QED) is 0.517. The van der Waals surface area contributed by atoms with Crippen molar-refractivity contribution in [3.8, 4) is 20.5 Å². The number of aromatic nitrogens is 2. The van der Waals surface area contributed by atoms with Crippen LogP contribution in [0.3, 0.4) is 0 Å². The average molecular weight is 384 g/mol. The van der Waals surface area contributed by atoms with E-state index in [4.69, 9.17) is 0 Å². The zero-order valence-corrected chi connectivity index (χ0v) is 15.5. The van der Waals surface area contributed by atoms with Gasteiger partial charge in [0.2, 0.25) is 5.91 Å². The van der Waals surface area contributed by atoms with Crippen LogP contribution in [0.1, 0.15) is 5.69 Å². The maximum atomic E-state index is 12.2. The number of rotatable bonds is 5. The minimum atomic E-state index is -0.0648. The molecular formula is C18H13N3OS3. The molecule has 124 valence electrons. The van der Waals surface area contributed by atoms with E-state index in [9.17, 15) is 4.79 Å². The number of nitrogens with zero attached hydrogens (tertiary/aromatic N) is 2. The van der Waals surface area contributed by atoms with E-state index in [0.717, 1.165) is 31.8 Å². The summed E-state index contributed by atoms with van der Waals surface area (Å²) in [5.74, 6) is -0.0648. The number of carbonyl (C=O) groups excluding carboxylic acids is 1. The van der Waals surface area contributed by atoms with E-state index >= 15 is 0 Å². The molecule has 1 amide bonds. The fourth-order valence-corrected chi connectivity index (χ4v) is 4.61. The Labute approximate surface area is 156 Å². The molecule has 25 heavy (non-hydrogen) atoms. The van der Waals surface area contributed by atoms with E-state index in [2.05, 4.69) is 15.3 Å². The summed E-state index contributed by atoms with van der Waals surface area (Å²) in [7, 11) is 0. The van der Waals surface area contributed by atoms with Gasteiger partial charge in [0.15, 0.2) is 0 Å². The lowest BCUT2D eigenvalue weighted by Crippen LogP contribution is -2.14. The Balaban J connectivity index is 1.39. The van der Waals surface area contributed by atoms with Gasteiger partial charge in [0.25, 0.3) is 0 Å². The molecule has 0 saturated heterocycles. The molecule has 3 heterocycles. The van der Waals surface area contributed by atoms with Crippen molar-refractivity contribution in [2.45, 2.75) is 6.42 Å². The van der Waals surface area contributed by atoms with Gasteiger partial charge in [-0.3, -0.25) is 4.79 Å². The monoisotopic (exact) mass is 383 g/mol. The van der Waals surface area contributed by atoms with Crippen molar-refractivity contribution in [2.75, 3.05) is 5.32 Å². The van der Waals surface area contributed by atoms with Crippen LogP contribution in [-0.2, 0) is 11.2 Å². The molecule has 1 aromatic carbocycles. The SMILES string of the molecule is O=C(Cc1csc(-c2cccs2)n1)Nc1ccc(-c2nccs2)cc1. The highest BCUT2D eigenvalue weighted by atomic mass is 32.1. The van der Waals surface area contributed by atoms with E-state index in [-0.39, 0.29) is 12.3 Å². The van der Waals surface area contributed by atoms with Crippen LogP contribution < -0.4 is 5.32 Å². The Morgan fingerprint density at radius 1 is 1.00 bits per heavy atom. The Hall–Kier alpha value is -2.35. The number of carbonyl (C=O) groups is 1. The standard InChI is InChI=1S/C18H13N3OS3/c22-16(10-14-11-25-18(21-14)15-2-1-8-23-15)20-13-5-3-12(4-6-13)17-19-7-9-24-17/h1-9,11H,10H2,(H,20,22). The zero-order chi connectivity index (χ0) is 17.1. The van der Waals surface area contributed by atoms with Gasteiger partial charge in [0.05, 0.1) is 17.0 Å². The van der Waals surface area contributed by atoms with E-state index in [1.807, 2.05) is 52.5 Å². The Kier molecular flexibility index (Phi) is 4.69. The first kappa shape index (κ1) is 16.1. The van der Waals surface area contributed by atoms with Crippen LogP contribution in [0.2, 0.25) is 0 Å². The van der Waals surface area contributed by atoms with Crippen LogP contribution in [0.15, 0.2) is 58.7 Å². The molecule has 4 aromatic rings. The average Bonchev–Trinajstić information content (AvgIpc) is 3.37. The van der Waals surface area contributed by atoms with E-state index in [1.165, 1.54) is 0 Å². The molecule has 0 bridgehead atoms. The van der Waals surface area contributed by atoms with E-state index in [1.54, 1.807) is 40.2 Å². The van der Waals surface area contributed by atoms with Crippen LogP contribution in [0.4, 0.5) is 5.69 Å². The number of anilines is 1. The van der Waals surface area contributed by atoms with Crippen molar-refractivity contribution in [1.29, 1.82) is 0 Å². The van der Waals surface area contributed by atoms with Crippen LogP contribution in [0, 0.1) is 0 Å². The van der Waals surface area contributed by atoms with Gasteiger partial charge < -0.3 is 5.32 Å². The highest BCUT2D eigenvalue weighted by Gasteiger charge is 2.10. The second-order valence-electron chi connectivity index (χ2n) is 5.26. The van der Waals surface area contributed by atoms with Gasteiger partial charge in [0.1, 0.15) is 10.0 Å². The topological polar surface area (TPSA) is 54.9 Å².